The maximum atomic E-state index is 13.5. The Morgan fingerprint density at radius 3 is 2.11 bits per heavy atom. The predicted molar refractivity (Wildman–Crippen MR) is 137 cm³/mol. The number of hydrogen-bond acceptors (Lipinski definition) is 4. The monoisotopic (exact) mass is 531 g/mol. The fourth-order valence-electron chi connectivity index (χ4n) is 3.50. The van der Waals surface area contributed by atoms with Gasteiger partial charge in [0.15, 0.2) is 0 Å². The highest BCUT2D eigenvalue weighted by Crippen LogP contribution is 2.25. The number of sulfonamides is 1. The van der Waals surface area contributed by atoms with Crippen LogP contribution in [0.5, 0.6) is 0 Å². The van der Waals surface area contributed by atoms with Gasteiger partial charge in [0, 0.05) is 25.2 Å². The second-order valence-electron chi connectivity index (χ2n) is 8.32. The topological polar surface area (TPSA) is 86.8 Å². The van der Waals surface area contributed by atoms with Crippen molar-refractivity contribution in [3.05, 3.63) is 106 Å². The molecular formula is C26H27ClFN3O4S. The van der Waals surface area contributed by atoms with Crippen LogP contribution in [-0.2, 0) is 32.7 Å². The first kappa shape index (κ1) is 27.3. The molecule has 36 heavy (non-hydrogen) atoms. The lowest BCUT2D eigenvalue weighted by Gasteiger charge is -2.32. The Kier molecular flexibility index (Phi) is 9.19. The summed E-state index contributed by atoms with van der Waals surface area (Å²) in [5.41, 5.74) is 1.94. The Balaban J connectivity index is 1.96. The zero-order chi connectivity index (χ0) is 26.3. The maximum Gasteiger partial charge on any atom is 0.247 e. The number of benzene rings is 3. The first-order valence-electron chi connectivity index (χ1n) is 11.1. The zero-order valence-electron chi connectivity index (χ0n) is 19.9. The number of amides is 2. The second kappa shape index (κ2) is 12.1. The third-order valence-corrected chi connectivity index (χ3v) is 7.08. The van der Waals surface area contributed by atoms with E-state index >= 15 is 0 Å². The molecular weight excluding hydrogens is 505 g/mol. The van der Waals surface area contributed by atoms with E-state index in [-0.39, 0.29) is 13.1 Å². The third kappa shape index (κ3) is 7.61. The van der Waals surface area contributed by atoms with E-state index in [2.05, 4.69) is 5.32 Å². The van der Waals surface area contributed by atoms with Gasteiger partial charge in [0.1, 0.15) is 11.9 Å². The molecule has 0 radical (unpaired) electrons. The van der Waals surface area contributed by atoms with Gasteiger partial charge in [0.2, 0.25) is 21.8 Å². The van der Waals surface area contributed by atoms with E-state index < -0.39 is 40.2 Å². The average molecular weight is 532 g/mol. The number of halogens is 2. The Bertz CT molecular complexity index is 1290. The van der Waals surface area contributed by atoms with Crippen LogP contribution in [-0.4, -0.2) is 49.3 Å². The molecule has 3 aromatic rings. The first-order valence-corrected chi connectivity index (χ1v) is 13.3. The van der Waals surface area contributed by atoms with Crippen LogP contribution in [0.1, 0.15) is 22.7 Å². The molecule has 0 spiro atoms. The van der Waals surface area contributed by atoms with Crippen molar-refractivity contribution in [3.63, 3.8) is 0 Å². The summed E-state index contributed by atoms with van der Waals surface area (Å²) in [7, 11) is -2.35. The molecule has 0 aromatic heterocycles. The van der Waals surface area contributed by atoms with Crippen molar-refractivity contribution in [2.45, 2.75) is 19.1 Å². The van der Waals surface area contributed by atoms with Crippen LogP contribution in [0.2, 0.25) is 5.02 Å². The summed E-state index contributed by atoms with van der Waals surface area (Å²) in [6.07, 6.45) is 0.998. The van der Waals surface area contributed by atoms with Crippen LogP contribution >= 0.6 is 11.6 Å². The Labute approximate surface area is 215 Å². The number of carbonyl (C=O) groups is 2. The molecule has 0 heterocycles. The Hall–Kier alpha value is -3.27. The molecule has 190 valence electrons. The van der Waals surface area contributed by atoms with Crippen LogP contribution in [0.15, 0.2) is 78.9 Å². The molecule has 0 saturated heterocycles. The van der Waals surface area contributed by atoms with Gasteiger partial charge >= 0.3 is 0 Å². The van der Waals surface area contributed by atoms with Crippen LogP contribution in [0.25, 0.3) is 0 Å². The van der Waals surface area contributed by atoms with Crippen LogP contribution in [0.4, 0.5) is 4.39 Å². The highest BCUT2D eigenvalue weighted by molar-refractivity contribution is 7.88. The van der Waals surface area contributed by atoms with Gasteiger partial charge in [-0.05, 0) is 41.0 Å². The van der Waals surface area contributed by atoms with E-state index in [0.717, 1.165) is 16.1 Å². The molecule has 0 aliphatic heterocycles. The van der Waals surface area contributed by atoms with E-state index in [9.17, 15) is 22.4 Å². The largest absolute Gasteiger partial charge is 0.350 e. The van der Waals surface area contributed by atoms with Gasteiger partial charge in [-0.1, -0.05) is 66.2 Å². The number of nitrogens with one attached hydrogen (secondary N) is 1. The van der Waals surface area contributed by atoms with Crippen molar-refractivity contribution in [3.8, 4) is 0 Å². The number of carbonyl (C=O) groups excluding carboxylic acids is 2. The number of hydrogen-bond donors (Lipinski definition) is 1. The van der Waals surface area contributed by atoms with Crippen molar-refractivity contribution in [2.75, 3.05) is 19.8 Å². The third-order valence-electron chi connectivity index (χ3n) is 5.57. The summed E-state index contributed by atoms with van der Waals surface area (Å²) in [6, 6.07) is 20.2. The van der Waals surface area contributed by atoms with E-state index in [1.54, 1.807) is 54.6 Å². The maximum absolute atomic E-state index is 13.5. The molecule has 0 saturated carbocycles. The summed E-state index contributed by atoms with van der Waals surface area (Å²) in [5.74, 6) is -1.47. The summed E-state index contributed by atoms with van der Waals surface area (Å²) in [4.78, 5) is 28.3. The van der Waals surface area contributed by atoms with Crippen molar-refractivity contribution < 1.29 is 22.4 Å². The van der Waals surface area contributed by atoms with Crippen molar-refractivity contribution in [1.82, 2.24) is 14.5 Å². The lowest BCUT2D eigenvalue weighted by Crippen LogP contribution is -2.47. The van der Waals surface area contributed by atoms with Gasteiger partial charge in [0.05, 0.1) is 12.8 Å². The molecule has 0 aliphatic carbocycles. The van der Waals surface area contributed by atoms with Crippen LogP contribution in [0.3, 0.4) is 0 Å². The Morgan fingerprint density at radius 1 is 0.944 bits per heavy atom. The van der Waals surface area contributed by atoms with Crippen molar-refractivity contribution >= 4 is 33.4 Å². The summed E-state index contributed by atoms with van der Waals surface area (Å²) in [6.45, 7) is -0.306. The molecule has 1 atom stereocenters. The van der Waals surface area contributed by atoms with Gasteiger partial charge < -0.3 is 10.2 Å². The highest BCUT2D eigenvalue weighted by Gasteiger charge is 2.32. The van der Waals surface area contributed by atoms with Gasteiger partial charge in [-0.25, -0.2) is 12.8 Å². The van der Waals surface area contributed by atoms with E-state index in [4.69, 9.17) is 11.6 Å². The van der Waals surface area contributed by atoms with Crippen LogP contribution in [0, 0.1) is 5.82 Å². The molecule has 3 aromatic carbocycles. The van der Waals surface area contributed by atoms with Gasteiger partial charge in [-0.15, -0.1) is 0 Å². The van der Waals surface area contributed by atoms with Crippen LogP contribution < -0.4 is 5.32 Å². The lowest BCUT2D eigenvalue weighted by atomic mass is 10.0. The van der Waals surface area contributed by atoms with Gasteiger partial charge in [-0.2, -0.15) is 4.31 Å². The first-order chi connectivity index (χ1) is 17.0. The quantitative estimate of drug-likeness (QED) is 0.431. The molecule has 0 bridgehead atoms. The summed E-state index contributed by atoms with van der Waals surface area (Å²) < 4.78 is 38.3. The smallest absolute Gasteiger partial charge is 0.247 e. The highest BCUT2D eigenvalue weighted by atomic mass is 35.5. The SMILES string of the molecule is CN(CC(=O)N(Cc1ccc(F)cc1)[C@H](C(=O)NCc1ccc(Cl)cc1)c1ccccc1)S(C)(=O)=O. The zero-order valence-corrected chi connectivity index (χ0v) is 21.5. The van der Waals surface area contributed by atoms with E-state index in [0.29, 0.717) is 16.1 Å². The molecule has 10 heteroatoms. The number of rotatable bonds is 10. The van der Waals surface area contributed by atoms with Crippen molar-refractivity contribution in [2.24, 2.45) is 0 Å². The normalized spacial score (nSPS) is 12.2. The summed E-state index contributed by atoms with van der Waals surface area (Å²) in [5, 5.41) is 3.43. The molecule has 0 fully saturated rings. The minimum absolute atomic E-state index is 0.0371. The van der Waals surface area contributed by atoms with E-state index in [1.807, 2.05) is 0 Å². The lowest BCUT2D eigenvalue weighted by molar-refractivity contribution is -0.141. The molecule has 0 aliphatic rings. The van der Waals surface area contributed by atoms with E-state index in [1.165, 1.54) is 36.2 Å². The van der Waals surface area contributed by atoms with Gasteiger partial charge in [0.25, 0.3) is 0 Å². The van der Waals surface area contributed by atoms with Gasteiger partial charge in [-0.3, -0.25) is 9.59 Å². The fourth-order valence-corrected chi connectivity index (χ4v) is 3.98. The minimum atomic E-state index is -3.65. The number of likely N-dealkylation sites (N-methyl/N-ethyl adjacent to an activating group) is 1. The molecule has 3 rings (SSSR count). The standard InChI is InChI=1S/C26H27ClFN3O4S/c1-30(36(2,34)35)18-24(32)31(17-20-10-14-23(28)15-11-20)25(21-6-4-3-5-7-21)26(33)29-16-19-8-12-22(27)13-9-19/h3-15,25H,16-18H2,1-2H3,(H,29,33)/t25-/m0/s1. The minimum Gasteiger partial charge on any atom is -0.350 e. The molecule has 1 N–H and O–H groups in total. The predicted octanol–water partition coefficient (Wildman–Crippen LogP) is 3.76. The van der Waals surface area contributed by atoms with Crippen molar-refractivity contribution in [1.29, 1.82) is 0 Å². The molecule has 2 amide bonds. The Morgan fingerprint density at radius 2 is 1.53 bits per heavy atom. The second-order valence-corrected chi connectivity index (χ2v) is 10.9. The average Bonchev–Trinajstić information content (AvgIpc) is 2.84. The summed E-state index contributed by atoms with van der Waals surface area (Å²) >= 11 is 5.94. The fraction of sp³-hybridized carbons (Fsp3) is 0.231. The molecule has 0 unspecified atom stereocenters. The molecule has 7 nitrogen and oxygen atoms in total. The number of nitrogens with zero attached hydrogens (tertiary/aromatic N) is 2.